The molecule has 0 amide bonds. The van der Waals surface area contributed by atoms with Gasteiger partial charge in [0.25, 0.3) is 5.56 Å². The third-order valence-electron chi connectivity index (χ3n) is 2.94. The second-order valence-electron chi connectivity index (χ2n) is 4.80. The number of aliphatic hydroxyl groups excluding tert-OH is 1. The lowest BCUT2D eigenvalue weighted by Gasteiger charge is -2.19. The van der Waals surface area contributed by atoms with Gasteiger partial charge in [-0.15, -0.1) is 0 Å². The van der Waals surface area contributed by atoms with E-state index in [9.17, 15) is 15.0 Å². The van der Waals surface area contributed by atoms with Crippen molar-refractivity contribution in [2.45, 2.75) is 26.1 Å². The summed E-state index contributed by atoms with van der Waals surface area (Å²) < 4.78 is 1.21. The van der Waals surface area contributed by atoms with E-state index < -0.39 is 6.23 Å². The highest BCUT2D eigenvalue weighted by atomic mass is 16.3. The van der Waals surface area contributed by atoms with Crippen LogP contribution in [0, 0.1) is 0 Å². The van der Waals surface area contributed by atoms with E-state index >= 15 is 0 Å². The number of hydrogen-bond donors (Lipinski definition) is 3. The van der Waals surface area contributed by atoms with Crippen LogP contribution in [-0.2, 0) is 0 Å². The highest BCUT2D eigenvalue weighted by Crippen LogP contribution is 2.24. The number of para-hydroxylation sites is 1. The fourth-order valence-corrected chi connectivity index (χ4v) is 2.03. The van der Waals surface area contributed by atoms with Crippen LogP contribution in [0.25, 0.3) is 10.9 Å². The van der Waals surface area contributed by atoms with Crippen LogP contribution < -0.4 is 10.9 Å². The van der Waals surface area contributed by atoms with Gasteiger partial charge in [0.15, 0.2) is 0 Å². The van der Waals surface area contributed by atoms with E-state index in [1.54, 1.807) is 18.2 Å². The zero-order valence-electron chi connectivity index (χ0n) is 11.0. The van der Waals surface area contributed by atoms with Gasteiger partial charge in [0.2, 0.25) is 0 Å². The number of aliphatic hydroxyl groups is 1. The van der Waals surface area contributed by atoms with Crippen molar-refractivity contribution in [3.63, 3.8) is 0 Å². The van der Waals surface area contributed by atoms with E-state index in [0.717, 1.165) is 0 Å². The van der Waals surface area contributed by atoms with Crippen molar-refractivity contribution >= 4 is 10.9 Å². The fraction of sp³-hybridized carbons (Fsp3) is 0.357. The molecule has 2 aromatic rings. The van der Waals surface area contributed by atoms with Crippen LogP contribution in [0.5, 0.6) is 5.75 Å². The summed E-state index contributed by atoms with van der Waals surface area (Å²) in [6.07, 6.45) is -1.02. The van der Waals surface area contributed by atoms with Gasteiger partial charge in [0.05, 0.1) is 5.52 Å². The summed E-state index contributed by atoms with van der Waals surface area (Å²) in [6.45, 7) is 4.15. The average molecular weight is 262 g/mol. The van der Waals surface area contributed by atoms with Crippen molar-refractivity contribution in [2.75, 3.05) is 6.54 Å². The maximum atomic E-state index is 11.9. The van der Waals surface area contributed by atoms with Crippen molar-refractivity contribution in [1.29, 1.82) is 0 Å². The molecule has 1 heterocycles. The van der Waals surface area contributed by atoms with E-state index in [1.807, 2.05) is 13.8 Å². The van der Waals surface area contributed by atoms with E-state index in [2.05, 4.69) is 5.32 Å². The summed E-state index contributed by atoms with van der Waals surface area (Å²) in [7, 11) is 0. The maximum absolute atomic E-state index is 11.9. The lowest BCUT2D eigenvalue weighted by atomic mass is 10.2. The van der Waals surface area contributed by atoms with Crippen molar-refractivity contribution < 1.29 is 10.2 Å². The standard InChI is InChI=1S/C14H18N2O3/c1-9(2)15-8-13(19)16-12(18)7-6-10-4-3-5-11(17)14(10)16/h3-7,9,13,15,17,19H,8H2,1-2H3. The number of benzene rings is 1. The van der Waals surface area contributed by atoms with Crippen LogP contribution >= 0.6 is 0 Å². The number of phenols is 1. The van der Waals surface area contributed by atoms with Gasteiger partial charge in [-0.25, -0.2) is 0 Å². The van der Waals surface area contributed by atoms with Gasteiger partial charge >= 0.3 is 0 Å². The molecule has 0 aliphatic carbocycles. The molecular formula is C14H18N2O3. The van der Waals surface area contributed by atoms with Gasteiger partial charge in [-0.2, -0.15) is 0 Å². The molecule has 19 heavy (non-hydrogen) atoms. The monoisotopic (exact) mass is 262 g/mol. The molecule has 0 saturated heterocycles. The molecule has 5 heteroatoms. The normalized spacial score (nSPS) is 13.1. The lowest BCUT2D eigenvalue weighted by molar-refractivity contribution is 0.101. The molecule has 3 N–H and O–H groups in total. The highest BCUT2D eigenvalue weighted by molar-refractivity contribution is 5.84. The molecular weight excluding hydrogens is 244 g/mol. The molecule has 0 radical (unpaired) electrons. The van der Waals surface area contributed by atoms with Crippen molar-refractivity contribution in [2.24, 2.45) is 0 Å². The smallest absolute Gasteiger partial charge is 0.253 e. The number of nitrogens with one attached hydrogen (secondary N) is 1. The summed E-state index contributed by atoms with van der Waals surface area (Å²) >= 11 is 0. The number of pyridine rings is 1. The topological polar surface area (TPSA) is 74.5 Å². The second-order valence-corrected chi connectivity index (χ2v) is 4.80. The number of aromatic nitrogens is 1. The second kappa shape index (κ2) is 5.42. The van der Waals surface area contributed by atoms with Crippen LogP contribution in [0.4, 0.5) is 0 Å². The van der Waals surface area contributed by atoms with Crippen LogP contribution in [0.15, 0.2) is 35.1 Å². The van der Waals surface area contributed by atoms with Gasteiger partial charge in [-0.3, -0.25) is 9.36 Å². The first-order valence-corrected chi connectivity index (χ1v) is 6.25. The number of fused-ring (bicyclic) bond motifs is 1. The van der Waals surface area contributed by atoms with Gasteiger partial charge in [0, 0.05) is 24.0 Å². The largest absolute Gasteiger partial charge is 0.506 e. The number of rotatable bonds is 4. The molecule has 1 atom stereocenters. The highest BCUT2D eigenvalue weighted by Gasteiger charge is 2.14. The number of hydrogen-bond acceptors (Lipinski definition) is 4. The van der Waals surface area contributed by atoms with Gasteiger partial charge < -0.3 is 15.5 Å². The van der Waals surface area contributed by atoms with E-state index in [4.69, 9.17) is 0 Å². The Morgan fingerprint density at radius 2 is 2.00 bits per heavy atom. The molecule has 0 fully saturated rings. The first-order valence-electron chi connectivity index (χ1n) is 6.25. The summed E-state index contributed by atoms with van der Waals surface area (Å²) in [4.78, 5) is 11.9. The van der Waals surface area contributed by atoms with Crippen molar-refractivity contribution in [3.05, 3.63) is 40.7 Å². The molecule has 2 rings (SSSR count). The number of aromatic hydroxyl groups is 1. The first kappa shape index (κ1) is 13.6. The summed E-state index contributed by atoms with van der Waals surface area (Å²) in [5.41, 5.74) is 0.0140. The Hall–Kier alpha value is -1.85. The zero-order valence-corrected chi connectivity index (χ0v) is 11.0. The summed E-state index contributed by atoms with van der Waals surface area (Å²) in [6, 6.07) is 8.21. The van der Waals surface area contributed by atoms with Crippen LogP contribution in [0.3, 0.4) is 0 Å². The van der Waals surface area contributed by atoms with Crippen LogP contribution in [-0.4, -0.2) is 27.4 Å². The molecule has 0 bridgehead atoms. The van der Waals surface area contributed by atoms with Crippen LogP contribution in [0.1, 0.15) is 20.1 Å². The Bertz CT molecular complexity index is 634. The lowest BCUT2D eigenvalue weighted by Crippen LogP contribution is -2.34. The maximum Gasteiger partial charge on any atom is 0.253 e. The quantitative estimate of drug-likeness (QED) is 0.774. The third-order valence-corrected chi connectivity index (χ3v) is 2.94. The Kier molecular flexibility index (Phi) is 3.87. The SMILES string of the molecule is CC(C)NCC(O)n1c(=O)ccc2cccc(O)c21. The minimum Gasteiger partial charge on any atom is -0.506 e. The van der Waals surface area contributed by atoms with Gasteiger partial charge in [-0.1, -0.05) is 26.0 Å². The van der Waals surface area contributed by atoms with Crippen LogP contribution in [0.2, 0.25) is 0 Å². The van der Waals surface area contributed by atoms with Crippen molar-refractivity contribution in [3.8, 4) is 5.75 Å². The Morgan fingerprint density at radius 3 is 2.68 bits per heavy atom. The molecule has 102 valence electrons. The zero-order chi connectivity index (χ0) is 14.0. The van der Waals surface area contributed by atoms with E-state index in [-0.39, 0.29) is 23.9 Å². The Balaban J connectivity index is 2.52. The van der Waals surface area contributed by atoms with Crippen molar-refractivity contribution in [1.82, 2.24) is 9.88 Å². The number of nitrogens with zero attached hydrogens (tertiary/aromatic N) is 1. The molecule has 0 aliphatic rings. The number of phenolic OH excluding ortho intramolecular Hbond substituents is 1. The molecule has 1 aromatic heterocycles. The van der Waals surface area contributed by atoms with Gasteiger partial charge in [0.1, 0.15) is 12.0 Å². The molecule has 0 saturated carbocycles. The predicted octanol–water partition coefficient (Wildman–Crippen LogP) is 1.20. The molecule has 0 aliphatic heterocycles. The average Bonchev–Trinajstić information content (AvgIpc) is 2.36. The first-order chi connectivity index (χ1) is 9.00. The Labute approximate surface area is 111 Å². The Morgan fingerprint density at radius 1 is 1.26 bits per heavy atom. The van der Waals surface area contributed by atoms with E-state index in [0.29, 0.717) is 10.9 Å². The minimum atomic E-state index is -1.02. The molecule has 1 unspecified atom stereocenters. The summed E-state index contributed by atoms with van der Waals surface area (Å²) in [5.74, 6) is -0.0150. The molecule has 5 nitrogen and oxygen atoms in total. The van der Waals surface area contributed by atoms with E-state index in [1.165, 1.54) is 16.7 Å². The minimum absolute atomic E-state index is 0.0150. The van der Waals surface area contributed by atoms with Gasteiger partial charge in [-0.05, 0) is 12.1 Å². The predicted molar refractivity (Wildman–Crippen MR) is 74.3 cm³/mol. The fourth-order valence-electron chi connectivity index (χ4n) is 2.03. The third kappa shape index (κ3) is 2.77. The summed E-state index contributed by atoms with van der Waals surface area (Å²) in [5, 5.41) is 23.8. The molecule has 1 aromatic carbocycles. The molecule has 0 spiro atoms.